The minimum atomic E-state index is -0.582. The number of hydrogen-bond acceptors (Lipinski definition) is 4. The summed E-state index contributed by atoms with van der Waals surface area (Å²) in [4.78, 5) is 25.6. The van der Waals surface area contributed by atoms with Crippen LogP contribution in [-0.4, -0.2) is 37.5 Å². The second-order valence-electron chi connectivity index (χ2n) is 5.49. The van der Waals surface area contributed by atoms with Crippen molar-refractivity contribution in [1.29, 1.82) is 0 Å². The van der Waals surface area contributed by atoms with E-state index in [1.54, 1.807) is 49.4 Å². The van der Waals surface area contributed by atoms with Crippen LogP contribution in [0.5, 0.6) is 5.75 Å². The van der Waals surface area contributed by atoms with Gasteiger partial charge < -0.3 is 10.1 Å². The quantitative estimate of drug-likeness (QED) is 0.829. The number of anilines is 1. The van der Waals surface area contributed by atoms with E-state index >= 15 is 0 Å². The average molecular weight is 362 g/mol. The van der Waals surface area contributed by atoms with Crippen molar-refractivity contribution in [3.63, 3.8) is 0 Å². The van der Waals surface area contributed by atoms with Gasteiger partial charge in [0.05, 0.1) is 13.7 Å². The van der Waals surface area contributed by atoms with Gasteiger partial charge in [-0.15, -0.1) is 0 Å². The summed E-state index contributed by atoms with van der Waals surface area (Å²) >= 11 is 6.10. The lowest BCUT2D eigenvalue weighted by molar-refractivity contribution is -0.120. The molecular weight excluding hydrogens is 342 g/mol. The van der Waals surface area contributed by atoms with E-state index < -0.39 is 11.9 Å². The number of benzene rings is 2. The molecule has 0 aliphatic heterocycles. The van der Waals surface area contributed by atoms with Gasteiger partial charge in [0, 0.05) is 17.3 Å². The minimum Gasteiger partial charge on any atom is -0.497 e. The molecule has 6 nitrogen and oxygen atoms in total. The summed E-state index contributed by atoms with van der Waals surface area (Å²) in [7, 11) is 3.34. The third kappa shape index (κ3) is 6.10. The van der Waals surface area contributed by atoms with Crippen LogP contribution in [0.1, 0.15) is 5.56 Å². The Morgan fingerprint density at radius 1 is 1.12 bits per heavy atom. The van der Waals surface area contributed by atoms with Crippen molar-refractivity contribution in [3.05, 3.63) is 59.1 Å². The first-order valence-electron chi connectivity index (χ1n) is 7.65. The van der Waals surface area contributed by atoms with Crippen molar-refractivity contribution >= 4 is 29.2 Å². The largest absolute Gasteiger partial charge is 0.497 e. The fourth-order valence-corrected chi connectivity index (χ4v) is 2.42. The third-order valence-electron chi connectivity index (χ3n) is 3.41. The molecule has 2 aromatic rings. The highest BCUT2D eigenvalue weighted by Crippen LogP contribution is 2.16. The minimum absolute atomic E-state index is 0.0707. The second kappa shape index (κ2) is 9.05. The Bertz CT molecular complexity index is 735. The number of nitrogens with zero attached hydrogens (tertiary/aromatic N) is 1. The standard InChI is InChI=1S/C18H20ClN3O3/c1-22(11-13-5-3-4-6-16(13)19)12-17(23)21-18(24)20-14-7-9-15(25-2)10-8-14/h3-10H,11-12H2,1-2H3,(H2,20,21,23,24). The van der Waals surface area contributed by atoms with Crippen LogP contribution in [0, 0.1) is 0 Å². The van der Waals surface area contributed by atoms with Crippen LogP contribution in [0.15, 0.2) is 48.5 Å². The van der Waals surface area contributed by atoms with Gasteiger partial charge >= 0.3 is 6.03 Å². The van der Waals surface area contributed by atoms with E-state index in [0.717, 1.165) is 5.56 Å². The maximum absolute atomic E-state index is 12.0. The zero-order valence-corrected chi connectivity index (χ0v) is 14.8. The topological polar surface area (TPSA) is 70.7 Å². The van der Waals surface area contributed by atoms with Crippen LogP contribution >= 0.6 is 11.6 Å². The SMILES string of the molecule is COc1ccc(NC(=O)NC(=O)CN(C)Cc2ccccc2Cl)cc1. The van der Waals surface area contributed by atoms with E-state index in [0.29, 0.717) is 23.0 Å². The molecular formula is C18H20ClN3O3. The molecule has 0 aliphatic rings. The summed E-state index contributed by atoms with van der Waals surface area (Å²) in [5, 5.41) is 5.53. The maximum atomic E-state index is 12.0. The number of amides is 3. The van der Waals surface area contributed by atoms with Gasteiger partial charge in [0.2, 0.25) is 5.91 Å². The van der Waals surface area contributed by atoms with Crippen LogP contribution in [-0.2, 0) is 11.3 Å². The van der Waals surface area contributed by atoms with Gasteiger partial charge in [-0.25, -0.2) is 4.79 Å². The number of carbonyl (C=O) groups is 2. The second-order valence-corrected chi connectivity index (χ2v) is 5.90. The Morgan fingerprint density at radius 2 is 1.80 bits per heavy atom. The van der Waals surface area contributed by atoms with Gasteiger partial charge in [-0.3, -0.25) is 15.0 Å². The highest BCUT2D eigenvalue weighted by molar-refractivity contribution is 6.31. The summed E-state index contributed by atoms with van der Waals surface area (Å²) in [6.45, 7) is 0.578. The molecule has 2 aromatic carbocycles. The monoisotopic (exact) mass is 361 g/mol. The van der Waals surface area contributed by atoms with Crippen LogP contribution in [0.4, 0.5) is 10.5 Å². The number of imide groups is 1. The molecule has 25 heavy (non-hydrogen) atoms. The Labute approximate surface area is 151 Å². The Balaban J connectivity index is 1.80. The maximum Gasteiger partial charge on any atom is 0.325 e. The predicted octanol–water partition coefficient (Wildman–Crippen LogP) is 3.13. The van der Waals surface area contributed by atoms with E-state index in [1.165, 1.54) is 0 Å². The van der Waals surface area contributed by atoms with E-state index in [9.17, 15) is 9.59 Å². The lowest BCUT2D eigenvalue weighted by atomic mass is 10.2. The van der Waals surface area contributed by atoms with Crippen molar-refractivity contribution in [2.24, 2.45) is 0 Å². The zero-order valence-electron chi connectivity index (χ0n) is 14.1. The summed E-state index contributed by atoms with van der Waals surface area (Å²) in [6, 6.07) is 13.7. The molecule has 2 N–H and O–H groups in total. The molecule has 0 spiro atoms. The van der Waals surface area contributed by atoms with Crippen molar-refractivity contribution in [2.45, 2.75) is 6.54 Å². The summed E-state index contributed by atoms with van der Waals surface area (Å²) in [5.41, 5.74) is 1.48. The van der Waals surface area contributed by atoms with Gasteiger partial charge in [-0.05, 0) is 42.9 Å². The van der Waals surface area contributed by atoms with Crippen LogP contribution < -0.4 is 15.4 Å². The Hall–Kier alpha value is -2.57. The van der Waals surface area contributed by atoms with Crippen molar-refractivity contribution < 1.29 is 14.3 Å². The molecule has 0 heterocycles. The summed E-state index contributed by atoms with van der Waals surface area (Å²) in [6.07, 6.45) is 0. The highest BCUT2D eigenvalue weighted by atomic mass is 35.5. The van der Waals surface area contributed by atoms with Gasteiger partial charge in [0.25, 0.3) is 0 Å². The molecule has 0 bridgehead atoms. The van der Waals surface area contributed by atoms with Gasteiger partial charge in [-0.2, -0.15) is 0 Å². The lowest BCUT2D eigenvalue weighted by Gasteiger charge is -2.17. The van der Waals surface area contributed by atoms with E-state index in [2.05, 4.69) is 10.6 Å². The Kier molecular flexibility index (Phi) is 6.80. The molecule has 0 aliphatic carbocycles. The molecule has 2 rings (SSSR count). The van der Waals surface area contributed by atoms with Crippen LogP contribution in [0.25, 0.3) is 0 Å². The van der Waals surface area contributed by atoms with Crippen molar-refractivity contribution in [2.75, 3.05) is 26.0 Å². The first-order valence-corrected chi connectivity index (χ1v) is 8.02. The predicted molar refractivity (Wildman–Crippen MR) is 97.9 cm³/mol. The fraction of sp³-hybridized carbons (Fsp3) is 0.222. The number of hydrogen-bond donors (Lipinski definition) is 2. The van der Waals surface area contributed by atoms with Gasteiger partial charge in [0.1, 0.15) is 5.75 Å². The smallest absolute Gasteiger partial charge is 0.325 e. The molecule has 0 radical (unpaired) electrons. The molecule has 3 amide bonds. The van der Waals surface area contributed by atoms with Crippen LogP contribution in [0.2, 0.25) is 5.02 Å². The van der Waals surface area contributed by atoms with Crippen molar-refractivity contribution in [1.82, 2.24) is 10.2 Å². The van der Waals surface area contributed by atoms with Gasteiger partial charge in [-0.1, -0.05) is 29.8 Å². The molecule has 7 heteroatoms. The first-order chi connectivity index (χ1) is 12.0. The molecule has 0 atom stereocenters. The van der Waals surface area contributed by atoms with Gasteiger partial charge in [0.15, 0.2) is 0 Å². The number of urea groups is 1. The number of ether oxygens (including phenoxy) is 1. The highest BCUT2D eigenvalue weighted by Gasteiger charge is 2.12. The zero-order chi connectivity index (χ0) is 18.2. The summed E-state index contributed by atoms with van der Waals surface area (Å²) < 4.78 is 5.04. The molecule has 0 saturated carbocycles. The van der Waals surface area contributed by atoms with E-state index in [4.69, 9.17) is 16.3 Å². The first kappa shape index (κ1) is 18.8. The number of nitrogens with one attached hydrogen (secondary N) is 2. The fourth-order valence-electron chi connectivity index (χ4n) is 2.22. The third-order valence-corrected chi connectivity index (χ3v) is 3.78. The molecule has 0 unspecified atom stereocenters. The number of halogens is 1. The molecule has 0 saturated heterocycles. The Morgan fingerprint density at radius 3 is 2.44 bits per heavy atom. The number of carbonyl (C=O) groups excluding carboxylic acids is 2. The normalized spacial score (nSPS) is 10.4. The molecule has 132 valence electrons. The van der Waals surface area contributed by atoms with E-state index in [1.807, 2.05) is 18.2 Å². The average Bonchev–Trinajstić information content (AvgIpc) is 2.57. The number of likely N-dealkylation sites (N-methyl/N-ethyl adjacent to an activating group) is 1. The molecule has 0 aromatic heterocycles. The number of methoxy groups -OCH3 is 1. The summed E-state index contributed by atoms with van der Waals surface area (Å²) in [5.74, 6) is 0.281. The molecule has 0 fully saturated rings. The van der Waals surface area contributed by atoms with Crippen molar-refractivity contribution in [3.8, 4) is 5.75 Å². The lowest BCUT2D eigenvalue weighted by Crippen LogP contribution is -2.40. The number of rotatable bonds is 6. The van der Waals surface area contributed by atoms with Crippen LogP contribution in [0.3, 0.4) is 0 Å². The van der Waals surface area contributed by atoms with E-state index in [-0.39, 0.29) is 6.54 Å².